The van der Waals surface area contributed by atoms with Crippen LogP contribution in [0.3, 0.4) is 0 Å². The average Bonchev–Trinajstić information content (AvgIpc) is 2.70. The summed E-state index contributed by atoms with van der Waals surface area (Å²) < 4.78 is 53.9. The zero-order chi connectivity index (χ0) is 20.4. The second-order valence-electron chi connectivity index (χ2n) is 6.60. The molecule has 2 aromatic rings. The molecular weight excluding hydrogens is 378 g/mol. The molecule has 28 heavy (non-hydrogen) atoms. The predicted molar refractivity (Wildman–Crippen MR) is 92.5 cm³/mol. The van der Waals surface area contributed by atoms with Gasteiger partial charge in [-0.2, -0.15) is 0 Å². The summed E-state index contributed by atoms with van der Waals surface area (Å²) in [6.07, 6.45) is 2.45. The van der Waals surface area contributed by atoms with Gasteiger partial charge < -0.3 is 10.2 Å². The number of amides is 2. The number of nitrogens with one attached hydrogen (secondary N) is 1. The number of anilines is 1. The first-order valence-electron chi connectivity index (χ1n) is 8.64. The summed E-state index contributed by atoms with van der Waals surface area (Å²) in [5.74, 6) is -8.99. The van der Waals surface area contributed by atoms with Gasteiger partial charge in [0.1, 0.15) is 5.82 Å². The van der Waals surface area contributed by atoms with Gasteiger partial charge in [-0.05, 0) is 37.5 Å². The normalized spacial score (nSPS) is 16.8. The van der Waals surface area contributed by atoms with Crippen molar-refractivity contribution in [3.8, 4) is 0 Å². The molecule has 1 N–H and O–H groups in total. The fraction of sp³-hybridized carbons (Fsp3) is 0.316. The fourth-order valence-corrected chi connectivity index (χ4v) is 3.11. The van der Waals surface area contributed by atoms with Gasteiger partial charge in [0.05, 0.1) is 11.5 Å². The Morgan fingerprint density at radius 1 is 1.18 bits per heavy atom. The predicted octanol–water partition coefficient (Wildman–Crippen LogP) is 3.44. The third-order valence-electron chi connectivity index (χ3n) is 4.66. The lowest BCUT2D eigenvalue weighted by molar-refractivity contribution is -0.121. The van der Waals surface area contributed by atoms with E-state index >= 15 is 0 Å². The highest BCUT2D eigenvalue weighted by Crippen LogP contribution is 2.24. The van der Waals surface area contributed by atoms with Crippen molar-refractivity contribution in [1.29, 1.82) is 0 Å². The summed E-state index contributed by atoms with van der Waals surface area (Å²) in [5, 5.41) is 2.68. The molecule has 1 aliphatic heterocycles. The first kappa shape index (κ1) is 19.8. The number of rotatable bonds is 3. The molecule has 2 heterocycles. The van der Waals surface area contributed by atoms with Gasteiger partial charge in [-0.3, -0.25) is 9.59 Å². The van der Waals surface area contributed by atoms with Crippen molar-refractivity contribution >= 4 is 17.6 Å². The van der Waals surface area contributed by atoms with E-state index in [2.05, 4.69) is 10.3 Å². The van der Waals surface area contributed by atoms with Gasteiger partial charge in [-0.15, -0.1) is 0 Å². The van der Waals surface area contributed by atoms with Crippen LogP contribution >= 0.6 is 0 Å². The van der Waals surface area contributed by atoms with Crippen LogP contribution in [0.1, 0.15) is 28.8 Å². The summed E-state index contributed by atoms with van der Waals surface area (Å²) in [4.78, 5) is 30.2. The molecular formula is C19H17F4N3O2. The third kappa shape index (κ3) is 3.83. The van der Waals surface area contributed by atoms with Gasteiger partial charge in [0, 0.05) is 19.3 Å². The highest BCUT2D eigenvalue weighted by molar-refractivity contribution is 5.96. The number of carbonyl (C=O) groups excluding carboxylic acids is 2. The monoisotopic (exact) mass is 395 g/mol. The Balaban J connectivity index is 1.75. The molecule has 1 aromatic carbocycles. The van der Waals surface area contributed by atoms with Crippen LogP contribution in [0.2, 0.25) is 0 Å². The van der Waals surface area contributed by atoms with E-state index in [1.54, 1.807) is 19.1 Å². The van der Waals surface area contributed by atoms with E-state index in [9.17, 15) is 27.2 Å². The molecule has 1 aromatic heterocycles. The number of aryl methyl sites for hydroxylation is 1. The van der Waals surface area contributed by atoms with Gasteiger partial charge in [-0.25, -0.2) is 22.5 Å². The van der Waals surface area contributed by atoms with Crippen LogP contribution in [0.5, 0.6) is 0 Å². The molecule has 1 atom stereocenters. The number of hydrogen-bond acceptors (Lipinski definition) is 3. The molecule has 5 nitrogen and oxygen atoms in total. The van der Waals surface area contributed by atoms with E-state index in [0.717, 1.165) is 10.5 Å². The lowest BCUT2D eigenvalue weighted by atomic mass is 9.96. The number of benzene rings is 1. The number of halogens is 4. The number of nitrogens with zero attached hydrogens (tertiary/aromatic N) is 2. The summed E-state index contributed by atoms with van der Waals surface area (Å²) in [6, 6.07) is 3.83. The Labute approximate surface area is 158 Å². The molecule has 0 radical (unpaired) electrons. The van der Waals surface area contributed by atoms with Gasteiger partial charge in [0.2, 0.25) is 5.91 Å². The lowest BCUT2D eigenvalue weighted by Gasteiger charge is -2.32. The second kappa shape index (κ2) is 7.95. The highest BCUT2D eigenvalue weighted by atomic mass is 19.2. The molecule has 9 heteroatoms. The Morgan fingerprint density at radius 2 is 1.93 bits per heavy atom. The minimum Gasteiger partial charge on any atom is -0.338 e. The number of hydrogen-bond donors (Lipinski definition) is 1. The maximum atomic E-state index is 13.9. The van der Waals surface area contributed by atoms with Crippen LogP contribution in [-0.2, 0) is 4.79 Å². The first-order chi connectivity index (χ1) is 13.3. The molecule has 0 saturated carbocycles. The van der Waals surface area contributed by atoms with Gasteiger partial charge >= 0.3 is 0 Å². The summed E-state index contributed by atoms with van der Waals surface area (Å²) in [5.41, 5.74) is -0.142. The molecule has 0 aliphatic carbocycles. The topological polar surface area (TPSA) is 62.3 Å². The number of pyridine rings is 1. The van der Waals surface area contributed by atoms with Gasteiger partial charge in [0.25, 0.3) is 5.91 Å². The van der Waals surface area contributed by atoms with E-state index < -0.39 is 40.7 Å². The van der Waals surface area contributed by atoms with Crippen molar-refractivity contribution in [3.05, 3.63) is 58.8 Å². The molecule has 0 bridgehead atoms. The quantitative estimate of drug-likeness (QED) is 0.492. The van der Waals surface area contributed by atoms with Crippen molar-refractivity contribution in [2.24, 2.45) is 5.92 Å². The largest absolute Gasteiger partial charge is 0.338 e. The molecule has 1 fully saturated rings. The average molecular weight is 395 g/mol. The van der Waals surface area contributed by atoms with Crippen LogP contribution in [0.25, 0.3) is 0 Å². The highest BCUT2D eigenvalue weighted by Gasteiger charge is 2.32. The molecule has 3 rings (SSSR count). The molecule has 148 valence electrons. The van der Waals surface area contributed by atoms with E-state index in [0.29, 0.717) is 24.7 Å². The molecule has 1 saturated heterocycles. The van der Waals surface area contributed by atoms with Crippen LogP contribution in [0.4, 0.5) is 23.4 Å². The molecule has 1 aliphatic rings. The smallest absolute Gasteiger partial charge is 0.257 e. The summed E-state index contributed by atoms with van der Waals surface area (Å²) in [6.45, 7) is 1.90. The van der Waals surface area contributed by atoms with Crippen LogP contribution in [0.15, 0.2) is 24.4 Å². The number of carbonyl (C=O) groups is 2. The van der Waals surface area contributed by atoms with E-state index in [4.69, 9.17) is 0 Å². The maximum Gasteiger partial charge on any atom is 0.257 e. The fourth-order valence-electron chi connectivity index (χ4n) is 3.11. The van der Waals surface area contributed by atoms with Crippen molar-refractivity contribution in [2.75, 3.05) is 18.4 Å². The second-order valence-corrected chi connectivity index (χ2v) is 6.60. The van der Waals surface area contributed by atoms with E-state index in [1.807, 2.05) is 0 Å². The minimum absolute atomic E-state index is 0.0589. The first-order valence-corrected chi connectivity index (χ1v) is 8.64. The number of piperidine rings is 1. The third-order valence-corrected chi connectivity index (χ3v) is 4.66. The zero-order valence-electron chi connectivity index (χ0n) is 14.9. The summed E-state index contributed by atoms with van der Waals surface area (Å²) >= 11 is 0. The summed E-state index contributed by atoms with van der Waals surface area (Å²) in [7, 11) is 0. The zero-order valence-corrected chi connectivity index (χ0v) is 14.9. The Kier molecular flexibility index (Phi) is 5.62. The van der Waals surface area contributed by atoms with Crippen LogP contribution in [0, 0.1) is 36.1 Å². The molecule has 0 spiro atoms. The van der Waals surface area contributed by atoms with Gasteiger partial charge in [-0.1, -0.05) is 6.07 Å². The van der Waals surface area contributed by atoms with Crippen molar-refractivity contribution in [2.45, 2.75) is 19.8 Å². The number of likely N-dealkylation sites (tertiary alicyclic amines) is 1. The standard InChI is InChI=1S/C19H17F4N3O2/c1-10-4-2-6-24-17(10)25-18(27)11-5-3-7-26(9-11)19(28)12-8-13(20)15(22)16(23)14(12)21/h2,4,6,8,11H,3,5,7,9H2,1H3,(H,24,25,27)/t11-/m0/s1. The number of aromatic nitrogens is 1. The Hall–Kier alpha value is -2.97. The van der Waals surface area contributed by atoms with Crippen molar-refractivity contribution in [3.63, 3.8) is 0 Å². The van der Waals surface area contributed by atoms with Gasteiger partial charge in [0.15, 0.2) is 23.3 Å². The van der Waals surface area contributed by atoms with Crippen molar-refractivity contribution in [1.82, 2.24) is 9.88 Å². The Morgan fingerprint density at radius 3 is 2.64 bits per heavy atom. The lowest BCUT2D eigenvalue weighted by Crippen LogP contribution is -2.44. The van der Waals surface area contributed by atoms with Crippen molar-refractivity contribution < 1.29 is 27.2 Å². The Bertz CT molecular complexity index is 936. The minimum atomic E-state index is -2.04. The SMILES string of the molecule is Cc1cccnc1NC(=O)[C@H]1CCCN(C(=O)c2cc(F)c(F)c(F)c2F)C1. The maximum absolute atomic E-state index is 13.9. The van der Waals surface area contributed by atoms with E-state index in [1.165, 1.54) is 6.20 Å². The van der Waals surface area contributed by atoms with E-state index in [-0.39, 0.29) is 19.0 Å². The van der Waals surface area contributed by atoms with Crippen LogP contribution < -0.4 is 5.32 Å². The van der Waals surface area contributed by atoms with Crippen LogP contribution in [-0.4, -0.2) is 34.8 Å². The molecule has 2 amide bonds. The molecule has 0 unspecified atom stereocenters.